The standard InChI is InChI=1S/C26H33BN2O2/c1-16(2)18-9-8-10-21-25(7)19-15-17(22-28-13-14-29(22)26(18,21)25)11-12-20(19)27-31-24(5,6)23(3,4)30/h8-16,21,27,30H,1-7H3. The Morgan fingerprint density at radius 3 is 2.65 bits per heavy atom. The highest BCUT2D eigenvalue weighted by atomic mass is 16.5. The Balaban J connectivity index is 1.66. The number of nitrogens with zero attached hydrogens (tertiary/aromatic N) is 2. The third-order valence-electron chi connectivity index (χ3n) is 8.43. The predicted octanol–water partition coefficient (Wildman–Crippen LogP) is 3.84. The van der Waals surface area contributed by atoms with Crippen molar-refractivity contribution in [2.24, 2.45) is 11.8 Å². The van der Waals surface area contributed by atoms with Gasteiger partial charge in [0.05, 0.1) is 16.7 Å². The smallest absolute Gasteiger partial charge is 0.309 e. The lowest BCUT2D eigenvalue weighted by atomic mass is 9.74. The number of benzene rings is 1. The van der Waals surface area contributed by atoms with Gasteiger partial charge in [-0.25, -0.2) is 4.98 Å². The van der Waals surface area contributed by atoms with Gasteiger partial charge in [0.1, 0.15) is 5.82 Å². The molecule has 1 aromatic carbocycles. The van der Waals surface area contributed by atoms with E-state index in [-0.39, 0.29) is 11.0 Å². The third kappa shape index (κ3) is 2.48. The number of allylic oxidation sites excluding steroid dienone is 4. The highest BCUT2D eigenvalue weighted by Crippen LogP contribution is 2.74. The molecule has 162 valence electrons. The van der Waals surface area contributed by atoms with Gasteiger partial charge in [-0.1, -0.05) is 51.1 Å². The van der Waals surface area contributed by atoms with Crippen molar-refractivity contribution in [1.29, 1.82) is 0 Å². The number of hydrogen-bond donors (Lipinski definition) is 1. The first-order valence-corrected chi connectivity index (χ1v) is 11.4. The molecule has 3 atom stereocenters. The average molecular weight is 416 g/mol. The van der Waals surface area contributed by atoms with Crippen LogP contribution in [0.15, 0.2) is 54.4 Å². The molecular formula is C26H33BN2O2. The minimum atomic E-state index is -0.932. The molecule has 2 bridgehead atoms. The van der Waals surface area contributed by atoms with Crippen molar-refractivity contribution < 1.29 is 9.76 Å². The molecule has 5 heteroatoms. The number of hydrogen-bond acceptors (Lipinski definition) is 3. The number of imidazole rings is 1. The lowest BCUT2D eigenvalue weighted by Gasteiger charge is -2.38. The number of aromatic nitrogens is 2. The fraction of sp³-hybridized carbons (Fsp3) is 0.500. The van der Waals surface area contributed by atoms with Gasteiger partial charge in [0.15, 0.2) is 0 Å². The molecule has 2 aliphatic carbocycles. The van der Waals surface area contributed by atoms with Crippen molar-refractivity contribution in [2.45, 2.75) is 70.6 Å². The van der Waals surface area contributed by atoms with Crippen LogP contribution in [-0.2, 0) is 15.6 Å². The lowest BCUT2D eigenvalue weighted by molar-refractivity contribution is -0.0893. The van der Waals surface area contributed by atoms with Crippen molar-refractivity contribution in [1.82, 2.24) is 9.55 Å². The molecule has 4 nitrogen and oxygen atoms in total. The summed E-state index contributed by atoms with van der Waals surface area (Å²) in [4.78, 5) is 4.77. The Morgan fingerprint density at radius 2 is 1.97 bits per heavy atom. The van der Waals surface area contributed by atoms with E-state index in [1.54, 1.807) is 13.8 Å². The normalized spacial score (nSPS) is 28.4. The summed E-state index contributed by atoms with van der Waals surface area (Å²) in [6.45, 7) is 14.5. The number of aliphatic hydroxyl groups is 1. The average Bonchev–Trinajstić information content (AvgIpc) is 3.02. The molecule has 1 saturated carbocycles. The highest BCUT2D eigenvalue weighted by Gasteiger charge is 2.78. The van der Waals surface area contributed by atoms with E-state index >= 15 is 0 Å². The van der Waals surface area contributed by atoms with Crippen LogP contribution in [0.2, 0.25) is 0 Å². The van der Waals surface area contributed by atoms with Crippen molar-refractivity contribution in [3.63, 3.8) is 0 Å². The van der Waals surface area contributed by atoms with Gasteiger partial charge in [-0.3, -0.25) is 0 Å². The molecule has 0 amide bonds. The maximum Gasteiger partial charge on any atom is 0.309 e. The van der Waals surface area contributed by atoms with Gasteiger partial charge in [-0.05, 0) is 56.3 Å². The van der Waals surface area contributed by atoms with Gasteiger partial charge in [-0.2, -0.15) is 0 Å². The van der Waals surface area contributed by atoms with Gasteiger partial charge in [0.2, 0.25) is 0 Å². The summed E-state index contributed by atoms with van der Waals surface area (Å²) in [5.41, 5.74) is 3.36. The molecule has 2 heterocycles. The zero-order valence-electron chi connectivity index (χ0n) is 19.7. The first kappa shape index (κ1) is 20.8. The van der Waals surface area contributed by atoms with E-state index in [9.17, 15) is 5.11 Å². The molecule has 2 aromatic rings. The molecule has 3 aliphatic rings. The van der Waals surface area contributed by atoms with E-state index in [0.717, 1.165) is 11.4 Å². The third-order valence-corrected chi connectivity index (χ3v) is 8.43. The van der Waals surface area contributed by atoms with E-state index in [2.05, 4.69) is 68.0 Å². The van der Waals surface area contributed by atoms with Crippen molar-refractivity contribution in [3.05, 3.63) is 60.0 Å². The van der Waals surface area contributed by atoms with Crippen LogP contribution in [0.5, 0.6) is 0 Å². The fourth-order valence-electron chi connectivity index (χ4n) is 5.95. The zero-order chi connectivity index (χ0) is 22.4. The molecule has 1 aromatic heterocycles. The van der Waals surface area contributed by atoms with Crippen molar-refractivity contribution >= 4 is 12.9 Å². The Labute approximate surface area is 186 Å². The molecule has 1 fully saturated rings. The number of fused-ring (bicyclic) bond motifs is 6. The van der Waals surface area contributed by atoms with Gasteiger partial charge in [0.25, 0.3) is 0 Å². The number of rotatable bonds is 5. The Morgan fingerprint density at radius 1 is 1.23 bits per heavy atom. The minimum Gasteiger partial charge on any atom is -0.427 e. The SMILES string of the molecule is CC(C)C1=CC=CC2C3(C)c4cc(ccc4BOC(C)(C)C(C)(C)O)-c4nccn4C123. The summed E-state index contributed by atoms with van der Waals surface area (Å²) in [7, 11) is 0.470. The zero-order valence-corrected chi connectivity index (χ0v) is 19.7. The topological polar surface area (TPSA) is 47.3 Å². The summed E-state index contributed by atoms with van der Waals surface area (Å²) < 4.78 is 8.75. The molecular weight excluding hydrogens is 383 g/mol. The van der Waals surface area contributed by atoms with Crippen molar-refractivity contribution in [2.75, 3.05) is 0 Å². The van der Waals surface area contributed by atoms with Crippen LogP contribution >= 0.6 is 0 Å². The van der Waals surface area contributed by atoms with Crippen LogP contribution < -0.4 is 5.46 Å². The quantitative estimate of drug-likeness (QED) is 0.754. The monoisotopic (exact) mass is 416 g/mol. The molecule has 1 spiro atoms. The minimum absolute atomic E-state index is 0.0738. The highest BCUT2D eigenvalue weighted by molar-refractivity contribution is 6.48. The molecule has 5 rings (SSSR count). The van der Waals surface area contributed by atoms with Crippen LogP contribution in [0, 0.1) is 11.8 Å². The van der Waals surface area contributed by atoms with Crippen molar-refractivity contribution in [3.8, 4) is 11.4 Å². The van der Waals surface area contributed by atoms with Gasteiger partial charge in [-0.15, -0.1) is 0 Å². The molecule has 1 N–H and O–H groups in total. The second kappa shape index (κ2) is 6.23. The maximum atomic E-state index is 10.6. The summed E-state index contributed by atoms with van der Waals surface area (Å²) in [6, 6.07) is 6.68. The maximum absolute atomic E-state index is 10.6. The summed E-state index contributed by atoms with van der Waals surface area (Å²) in [5, 5.41) is 10.6. The summed E-state index contributed by atoms with van der Waals surface area (Å²) >= 11 is 0. The molecule has 3 unspecified atom stereocenters. The van der Waals surface area contributed by atoms with Crippen LogP contribution in [0.1, 0.15) is 54.0 Å². The first-order valence-electron chi connectivity index (χ1n) is 11.4. The van der Waals surface area contributed by atoms with E-state index in [1.165, 1.54) is 16.6 Å². The van der Waals surface area contributed by atoms with E-state index < -0.39 is 11.2 Å². The summed E-state index contributed by atoms with van der Waals surface area (Å²) in [5.74, 6) is 1.86. The van der Waals surface area contributed by atoms with Gasteiger partial charge < -0.3 is 14.3 Å². The second-order valence-electron chi connectivity index (χ2n) is 11.0. The van der Waals surface area contributed by atoms with Crippen LogP contribution in [-0.4, -0.2) is 33.3 Å². The van der Waals surface area contributed by atoms with E-state index in [4.69, 9.17) is 9.64 Å². The Bertz CT molecular complexity index is 1120. The molecule has 0 radical (unpaired) electrons. The molecule has 0 saturated heterocycles. The van der Waals surface area contributed by atoms with Crippen LogP contribution in [0.4, 0.5) is 0 Å². The Kier molecular flexibility index (Phi) is 4.18. The van der Waals surface area contributed by atoms with Crippen LogP contribution in [0.25, 0.3) is 11.4 Å². The van der Waals surface area contributed by atoms with Gasteiger partial charge >= 0.3 is 7.48 Å². The summed E-state index contributed by atoms with van der Waals surface area (Å²) in [6.07, 6.45) is 11.0. The van der Waals surface area contributed by atoms with Crippen LogP contribution in [0.3, 0.4) is 0 Å². The van der Waals surface area contributed by atoms with E-state index in [0.29, 0.717) is 19.3 Å². The predicted molar refractivity (Wildman–Crippen MR) is 127 cm³/mol. The van der Waals surface area contributed by atoms with E-state index in [1.807, 2.05) is 20.0 Å². The second-order valence-corrected chi connectivity index (χ2v) is 11.0. The fourth-order valence-corrected chi connectivity index (χ4v) is 5.95. The largest absolute Gasteiger partial charge is 0.427 e. The molecule has 31 heavy (non-hydrogen) atoms. The lowest BCUT2D eigenvalue weighted by Crippen LogP contribution is -2.49. The molecule has 1 aliphatic heterocycles. The first-order chi connectivity index (χ1) is 14.5. The van der Waals surface area contributed by atoms with Gasteiger partial charge in [0, 0.05) is 29.3 Å². The Hall–Kier alpha value is -2.11.